The monoisotopic (exact) mass is 511 g/mol. The Labute approximate surface area is 213 Å². The van der Waals surface area contributed by atoms with E-state index >= 15 is 0 Å². The zero-order valence-electron chi connectivity index (χ0n) is 19.4. The van der Waals surface area contributed by atoms with Gasteiger partial charge in [-0.05, 0) is 54.1 Å². The van der Waals surface area contributed by atoms with Crippen molar-refractivity contribution in [3.8, 4) is 0 Å². The predicted octanol–water partition coefficient (Wildman–Crippen LogP) is 3.83. The Morgan fingerprint density at radius 3 is 2.16 bits per heavy atom. The summed E-state index contributed by atoms with van der Waals surface area (Å²) in [4.78, 5) is 44.0. The Kier molecular flexibility index (Phi) is 6.37. The molecule has 0 bridgehead atoms. The van der Waals surface area contributed by atoms with Crippen LogP contribution >= 0.6 is 0 Å². The lowest BCUT2D eigenvalue weighted by Crippen LogP contribution is -2.33. The highest BCUT2D eigenvalue weighted by Gasteiger charge is 2.36. The lowest BCUT2D eigenvalue weighted by molar-refractivity contribution is 0.0919. The molecule has 1 atom stereocenters. The highest BCUT2D eigenvalue weighted by atomic mass is 32.2. The van der Waals surface area contributed by atoms with Crippen molar-refractivity contribution in [3.63, 3.8) is 0 Å². The van der Waals surface area contributed by atoms with E-state index in [-0.39, 0.29) is 22.7 Å². The largest absolute Gasteiger partial charge is 0.350 e. The van der Waals surface area contributed by atoms with E-state index in [0.29, 0.717) is 16.7 Å². The normalized spacial score (nSPS) is 13.8. The number of hydrogen-bond acceptors (Lipinski definition) is 6. The van der Waals surface area contributed by atoms with Gasteiger partial charge in [0.25, 0.3) is 17.7 Å². The smallest absolute Gasteiger partial charge is 0.266 e. The van der Waals surface area contributed by atoms with Crippen LogP contribution in [0.15, 0.2) is 108 Å². The second-order valence-corrected chi connectivity index (χ2v) is 10.5. The topological polar surface area (TPSA) is 114 Å². The van der Waals surface area contributed by atoms with Gasteiger partial charge in [0.1, 0.15) is 5.25 Å². The van der Waals surface area contributed by atoms with Crippen molar-refractivity contribution >= 4 is 33.2 Å². The number of fused-ring (bicyclic) bond motifs is 1. The van der Waals surface area contributed by atoms with Crippen LogP contribution in [0.25, 0.3) is 0 Å². The highest BCUT2D eigenvalue weighted by molar-refractivity contribution is 7.91. The molecule has 0 saturated heterocycles. The summed E-state index contributed by atoms with van der Waals surface area (Å²) in [6.07, 6.45) is 3.00. The summed E-state index contributed by atoms with van der Waals surface area (Å²) in [6, 6.07) is 23.9. The number of carbonyl (C=O) groups is 3. The van der Waals surface area contributed by atoms with Gasteiger partial charge in [0.15, 0.2) is 9.84 Å². The molecule has 0 fully saturated rings. The summed E-state index contributed by atoms with van der Waals surface area (Å²) >= 11 is 0. The lowest BCUT2D eigenvalue weighted by atomic mass is 10.1. The van der Waals surface area contributed by atoms with E-state index in [1.807, 2.05) is 0 Å². The Bertz CT molecular complexity index is 1570. The number of aromatic nitrogens is 1. The molecule has 3 aromatic carbocycles. The number of anilines is 1. The molecule has 1 aliphatic rings. The number of amides is 3. The molecule has 37 heavy (non-hydrogen) atoms. The summed E-state index contributed by atoms with van der Waals surface area (Å²) in [5.41, 5.74) is 1.46. The van der Waals surface area contributed by atoms with E-state index in [2.05, 4.69) is 10.3 Å². The lowest BCUT2D eigenvalue weighted by Gasteiger charge is -2.19. The summed E-state index contributed by atoms with van der Waals surface area (Å²) in [5, 5.41) is 1.62. The van der Waals surface area contributed by atoms with Crippen LogP contribution in [0.5, 0.6) is 0 Å². The third-order valence-corrected chi connectivity index (χ3v) is 8.23. The van der Waals surface area contributed by atoms with Crippen LogP contribution in [0.1, 0.15) is 41.9 Å². The SMILES string of the molecule is O=C(NCC(c1cccnc1)S(=O)(=O)c1ccccc1)c1cccc(N2C(=O)c3ccccc3C2=O)c1. The molecule has 0 radical (unpaired) electrons. The van der Waals surface area contributed by atoms with Crippen LogP contribution in [0, 0.1) is 0 Å². The zero-order chi connectivity index (χ0) is 26.0. The van der Waals surface area contributed by atoms with E-state index in [1.54, 1.807) is 72.9 Å². The first kappa shape index (κ1) is 24.1. The maximum absolute atomic E-state index is 13.4. The Morgan fingerprint density at radius 2 is 1.51 bits per heavy atom. The molecular weight excluding hydrogens is 490 g/mol. The van der Waals surface area contributed by atoms with Crippen LogP contribution < -0.4 is 10.2 Å². The standard InChI is InChI=1S/C28H21N3O5S/c32-26(19-8-6-10-21(16-19)31-27(33)23-13-4-5-14-24(23)28(31)34)30-18-25(20-9-7-15-29-17-20)37(35,36)22-11-2-1-3-12-22/h1-17,25H,18H2,(H,30,32). The molecule has 1 aromatic heterocycles. The average molecular weight is 512 g/mol. The molecule has 1 unspecified atom stereocenters. The zero-order valence-corrected chi connectivity index (χ0v) is 20.3. The van der Waals surface area contributed by atoms with Gasteiger partial charge in [0.05, 0.1) is 21.7 Å². The van der Waals surface area contributed by atoms with Crippen molar-refractivity contribution in [3.05, 3.63) is 126 Å². The summed E-state index contributed by atoms with van der Waals surface area (Å²) in [7, 11) is -3.85. The number of benzene rings is 3. The molecule has 0 saturated carbocycles. The van der Waals surface area contributed by atoms with Gasteiger partial charge in [0.2, 0.25) is 0 Å². The van der Waals surface area contributed by atoms with Gasteiger partial charge in [0, 0.05) is 24.5 Å². The second-order valence-electron chi connectivity index (χ2n) is 8.38. The quantitative estimate of drug-likeness (QED) is 0.377. The molecule has 184 valence electrons. The number of hydrogen-bond donors (Lipinski definition) is 1. The third-order valence-electron chi connectivity index (χ3n) is 6.11. The summed E-state index contributed by atoms with van der Waals surface area (Å²) in [6.45, 7) is -0.209. The number of nitrogens with one attached hydrogen (secondary N) is 1. The van der Waals surface area contributed by atoms with Gasteiger partial charge >= 0.3 is 0 Å². The van der Waals surface area contributed by atoms with E-state index in [9.17, 15) is 22.8 Å². The minimum Gasteiger partial charge on any atom is -0.350 e. The predicted molar refractivity (Wildman–Crippen MR) is 137 cm³/mol. The van der Waals surface area contributed by atoms with Gasteiger partial charge in [-0.2, -0.15) is 0 Å². The van der Waals surface area contributed by atoms with E-state index < -0.39 is 32.8 Å². The minimum absolute atomic E-state index is 0.130. The van der Waals surface area contributed by atoms with Crippen molar-refractivity contribution in [2.75, 3.05) is 11.4 Å². The first-order chi connectivity index (χ1) is 17.9. The van der Waals surface area contributed by atoms with Crippen LogP contribution in [0.3, 0.4) is 0 Å². The Balaban J connectivity index is 1.39. The maximum Gasteiger partial charge on any atom is 0.266 e. The minimum atomic E-state index is -3.85. The van der Waals surface area contributed by atoms with Crippen molar-refractivity contribution in [2.24, 2.45) is 0 Å². The number of carbonyl (C=O) groups excluding carboxylic acids is 3. The van der Waals surface area contributed by atoms with Gasteiger partial charge in [-0.1, -0.05) is 42.5 Å². The summed E-state index contributed by atoms with van der Waals surface area (Å²) in [5.74, 6) is -1.48. The number of imide groups is 1. The van der Waals surface area contributed by atoms with Crippen molar-refractivity contribution in [1.82, 2.24) is 10.3 Å². The number of pyridine rings is 1. The van der Waals surface area contributed by atoms with E-state index in [0.717, 1.165) is 4.90 Å². The van der Waals surface area contributed by atoms with Gasteiger partial charge in [-0.15, -0.1) is 0 Å². The van der Waals surface area contributed by atoms with Gasteiger partial charge < -0.3 is 5.32 Å². The number of nitrogens with zero attached hydrogens (tertiary/aromatic N) is 2. The van der Waals surface area contributed by atoms with Crippen molar-refractivity contribution in [1.29, 1.82) is 0 Å². The van der Waals surface area contributed by atoms with Crippen LogP contribution in [-0.2, 0) is 9.84 Å². The van der Waals surface area contributed by atoms with Crippen LogP contribution in [0.4, 0.5) is 5.69 Å². The van der Waals surface area contributed by atoms with Crippen molar-refractivity contribution < 1.29 is 22.8 Å². The Morgan fingerprint density at radius 1 is 0.838 bits per heavy atom. The molecule has 0 aliphatic carbocycles. The molecule has 1 N–H and O–H groups in total. The first-order valence-corrected chi connectivity index (χ1v) is 13.0. The fourth-order valence-corrected chi connectivity index (χ4v) is 5.91. The van der Waals surface area contributed by atoms with E-state index in [4.69, 9.17) is 0 Å². The maximum atomic E-state index is 13.4. The molecule has 0 spiro atoms. The first-order valence-electron chi connectivity index (χ1n) is 11.4. The molecule has 8 nitrogen and oxygen atoms in total. The van der Waals surface area contributed by atoms with Crippen LogP contribution in [-0.4, -0.2) is 37.7 Å². The molecular formula is C28H21N3O5S. The second kappa shape index (κ2) is 9.79. The number of sulfone groups is 1. The highest BCUT2D eigenvalue weighted by Crippen LogP contribution is 2.30. The summed E-state index contributed by atoms with van der Waals surface area (Å²) < 4.78 is 26.9. The average Bonchev–Trinajstić information content (AvgIpc) is 3.19. The Hall–Kier alpha value is -4.63. The van der Waals surface area contributed by atoms with Gasteiger partial charge in [-0.3, -0.25) is 19.4 Å². The van der Waals surface area contributed by atoms with E-state index in [1.165, 1.54) is 30.5 Å². The third kappa shape index (κ3) is 4.52. The molecule has 3 amide bonds. The van der Waals surface area contributed by atoms with Gasteiger partial charge in [-0.25, -0.2) is 13.3 Å². The molecule has 5 rings (SSSR count). The molecule has 2 heterocycles. The van der Waals surface area contributed by atoms with Crippen molar-refractivity contribution in [2.45, 2.75) is 10.1 Å². The number of rotatable bonds is 7. The molecule has 9 heteroatoms. The van der Waals surface area contributed by atoms with Crippen LogP contribution in [0.2, 0.25) is 0 Å². The molecule has 4 aromatic rings. The fourth-order valence-electron chi connectivity index (χ4n) is 4.25. The fraction of sp³-hybridized carbons (Fsp3) is 0.0714. The molecule has 1 aliphatic heterocycles.